The first kappa shape index (κ1) is 17.6. The molecular formula is C21H19NO4. The number of ketones is 1. The van der Waals surface area contributed by atoms with Gasteiger partial charge in [0.1, 0.15) is 18.1 Å². The van der Waals surface area contributed by atoms with Crippen LogP contribution in [0.2, 0.25) is 0 Å². The fourth-order valence-corrected chi connectivity index (χ4v) is 2.76. The topological polar surface area (TPSA) is 65.0 Å². The Labute approximate surface area is 152 Å². The van der Waals surface area contributed by atoms with E-state index in [4.69, 9.17) is 9.47 Å². The van der Waals surface area contributed by atoms with Gasteiger partial charge in [-0.2, -0.15) is 0 Å². The highest BCUT2D eigenvalue weighted by molar-refractivity contribution is 6.28. The summed E-state index contributed by atoms with van der Waals surface area (Å²) >= 11 is 0. The third kappa shape index (κ3) is 3.72. The van der Waals surface area contributed by atoms with Gasteiger partial charge in [0.15, 0.2) is 5.92 Å². The lowest BCUT2D eigenvalue weighted by molar-refractivity contribution is -0.145. The Bertz CT molecular complexity index is 884. The lowest BCUT2D eigenvalue weighted by Gasteiger charge is -2.09. The Morgan fingerprint density at radius 1 is 1.12 bits per heavy atom. The molecule has 3 rings (SSSR count). The van der Waals surface area contributed by atoms with Gasteiger partial charge >= 0.3 is 5.97 Å². The van der Waals surface area contributed by atoms with Gasteiger partial charge in [0.05, 0.1) is 7.11 Å². The fourth-order valence-electron chi connectivity index (χ4n) is 2.76. The Morgan fingerprint density at radius 3 is 2.54 bits per heavy atom. The molecule has 0 bridgehead atoms. The maximum atomic E-state index is 12.5. The van der Waals surface area contributed by atoms with Crippen LogP contribution < -0.4 is 4.74 Å². The van der Waals surface area contributed by atoms with Crippen LogP contribution in [0.25, 0.3) is 6.08 Å². The monoisotopic (exact) mass is 349 g/mol. The van der Waals surface area contributed by atoms with E-state index in [0.717, 1.165) is 11.1 Å². The lowest BCUT2D eigenvalue weighted by atomic mass is 10.00. The predicted molar refractivity (Wildman–Crippen MR) is 98.8 cm³/mol. The zero-order valence-electron chi connectivity index (χ0n) is 14.6. The van der Waals surface area contributed by atoms with Crippen molar-refractivity contribution in [2.45, 2.75) is 13.5 Å². The Morgan fingerprint density at radius 2 is 1.81 bits per heavy atom. The van der Waals surface area contributed by atoms with Gasteiger partial charge in [-0.05, 0) is 24.6 Å². The molecule has 2 aromatic rings. The summed E-state index contributed by atoms with van der Waals surface area (Å²) in [5.41, 5.74) is 2.45. The number of carbonyl (C=O) groups is 2. The SMILES string of the molecule is COC(=O)C1C(=O)/C(=C\c2ccccc2OCc2ccccc2)N=C1C. The summed E-state index contributed by atoms with van der Waals surface area (Å²) in [5, 5.41) is 0. The molecule has 0 fully saturated rings. The van der Waals surface area contributed by atoms with Crippen LogP contribution in [-0.2, 0) is 20.9 Å². The largest absolute Gasteiger partial charge is 0.488 e. The molecule has 2 aromatic carbocycles. The molecule has 0 N–H and O–H groups in total. The average Bonchev–Trinajstić information content (AvgIpc) is 2.94. The molecule has 0 saturated heterocycles. The van der Waals surface area contributed by atoms with Crippen LogP contribution in [0.5, 0.6) is 5.75 Å². The quantitative estimate of drug-likeness (QED) is 0.471. The van der Waals surface area contributed by atoms with E-state index in [0.29, 0.717) is 18.1 Å². The van der Waals surface area contributed by atoms with E-state index >= 15 is 0 Å². The third-order valence-electron chi connectivity index (χ3n) is 4.11. The van der Waals surface area contributed by atoms with Gasteiger partial charge in [-0.3, -0.25) is 14.6 Å². The summed E-state index contributed by atoms with van der Waals surface area (Å²) in [5.74, 6) is -1.25. The highest BCUT2D eigenvalue weighted by Gasteiger charge is 2.37. The first-order valence-electron chi connectivity index (χ1n) is 8.25. The number of allylic oxidation sites excluding steroid dienone is 1. The minimum Gasteiger partial charge on any atom is -0.488 e. The van der Waals surface area contributed by atoms with E-state index < -0.39 is 11.9 Å². The predicted octanol–water partition coefficient (Wildman–Crippen LogP) is 3.44. The second-order valence-corrected chi connectivity index (χ2v) is 5.92. The summed E-state index contributed by atoms with van der Waals surface area (Å²) in [6.07, 6.45) is 1.65. The molecule has 1 aliphatic rings. The molecule has 0 aromatic heterocycles. The van der Waals surface area contributed by atoms with Crippen molar-refractivity contribution in [1.82, 2.24) is 0 Å². The number of ether oxygens (including phenoxy) is 2. The van der Waals surface area contributed by atoms with Crippen molar-refractivity contribution in [2.75, 3.05) is 7.11 Å². The van der Waals surface area contributed by atoms with Gasteiger partial charge in [-0.25, -0.2) is 0 Å². The van der Waals surface area contributed by atoms with Gasteiger partial charge in [0.25, 0.3) is 0 Å². The van der Waals surface area contributed by atoms with Crippen molar-refractivity contribution in [3.63, 3.8) is 0 Å². The van der Waals surface area contributed by atoms with Crippen molar-refractivity contribution in [3.8, 4) is 5.75 Å². The molecule has 132 valence electrons. The molecule has 1 aliphatic heterocycles. The Hall–Kier alpha value is -3.21. The zero-order chi connectivity index (χ0) is 18.5. The molecule has 5 nitrogen and oxygen atoms in total. The van der Waals surface area contributed by atoms with Gasteiger partial charge in [0.2, 0.25) is 5.78 Å². The van der Waals surface area contributed by atoms with Crippen molar-refractivity contribution in [1.29, 1.82) is 0 Å². The van der Waals surface area contributed by atoms with E-state index in [9.17, 15) is 9.59 Å². The van der Waals surface area contributed by atoms with E-state index in [2.05, 4.69) is 4.99 Å². The number of hydrogen-bond acceptors (Lipinski definition) is 5. The summed E-state index contributed by atoms with van der Waals surface area (Å²) in [7, 11) is 1.26. The maximum absolute atomic E-state index is 12.5. The van der Waals surface area contributed by atoms with E-state index in [-0.39, 0.29) is 11.5 Å². The van der Waals surface area contributed by atoms with Crippen molar-refractivity contribution >= 4 is 23.5 Å². The molecule has 5 heteroatoms. The van der Waals surface area contributed by atoms with Crippen molar-refractivity contribution in [2.24, 2.45) is 10.9 Å². The number of carbonyl (C=O) groups excluding carboxylic acids is 2. The zero-order valence-corrected chi connectivity index (χ0v) is 14.6. The average molecular weight is 349 g/mol. The molecule has 0 spiro atoms. The molecule has 0 amide bonds. The summed E-state index contributed by atoms with van der Waals surface area (Å²) in [4.78, 5) is 28.5. The second kappa shape index (κ2) is 7.78. The molecule has 1 unspecified atom stereocenters. The highest BCUT2D eigenvalue weighted by Crippen LogP contribution is 2.27. The molecule has 1 heterocycles. The fraction of sp³-hybridized carbons (Fsp3) is 0.190. The highest BCUT2D eigenvalue weighted by atomic mass is 16.5. The molecular weight excluding hydrogens is 330 g/mol. The number of nitrogens with zero attached hydrogens (tertiary/aromatic N) is 1. The van der Waals surface area contributed by atoms with Crippen molar-refractivity contribution < 1.29 is 19.1 Å². The number of esters is 1. The number of aliphatic imine (C=N–C) groups is 1. The Balaban J connectivity index is 1.83. The molecule has 0 radical (unpaired) electrons. The Kier molecular flexibility index (Phi) is 5.27. The maximum Gasteiger partial charge on any atom is 0.322 e. The molecule has 26 heavy (non-hydrogen) atoms. The van der Waals surface area contributed by atoms with Crippen LogP contribution in [0.15, 0.2) is 65.3 Å². The normalized spacial score (nSPS) is 17.9. The van der Waals surface area contributed by atoms with Crippen LogP contribution >= 0.6 is 0 Å². The second-order valence-electron chi connectivity index (χ2n) is 5.92. The van der Waals surface area contributed by atoms with Crippen LogP contribution in [0.1, 0.15) is 18.1 Å². The smallest absolute Gasteiger partial charge is 0.322 e. The van der Waals surface area contributed by atoms with Crippen LogP contribution in [0.4, 0.5) is 0 Å². The molecule has 0 saturated carbocycles. The first-order chi connectivity index (χ1) is 12.6. The number of methoxy groups -OCH3 is 1. The van der Waals surface area contributed by atoms with Gasteiger partial charge in [-0.1, -0.05) is 48.5 Å². The number of rotatable bonds is 5. The first-order valence-corrected chi connectivity index (χ1v) is 8.25. The third-order valence-corrected chi connectivity index (χ3v) is 4.11. The minimum absolute atomic E-state index is 0.230. The number of benzene rings is 2. The molecule has 0 aliphatic carbocycles. The summed E-state index contributed by atoms with van der Waals surface area (Å²) in [6.45, 7) is 2.07. The van der Waals surface area contributed by atoms with Gasteiger partial charge in [-0.15, -0.1) is 0 Å². The van der Waals surface area contributed by atoms with Crippen LogP contribution in [-0.4, -0.2) is 24.6 Å². The standard InChI is InChI=1S/C21H19NO4/c1-14-19(21(24)25-2)20(23)17(22-14)12-16-10-6-7-11-18(16)26-13-15-8-4-3-5-9-15/h3-12,19H,13H2,1-2H3/b17-12+. The van der Waals surface area contributed by atoms with Gasteiger partial charge in [0, 0.05) is 11.3 Å². The van der Waals surface area contributed by atoms with Crippen LogP contribution in [0, 0.1) is 5.92 Å². The van der Waals surface area contributed by atoms with Crippen molar-refractivity contribution in [3.05, 3.63) is 71.4 Å². The molecule has 1 atom stereocenters. The van der Waals surface area contributed by atoms with E-state index in [1.165, 1.54) is 7.11 Å². The lowest BCUT2D eigenvalue weighted by Crippen LogP contribution is -2.27. The van der Waals surface area contributed by atoms with Crippen LogP contribution in [0.3, 0.4) is 0 Å². The summed E-state index contributed by atoms with van der Waals surface area (Å²) < 4.78 is 10.6. The number of para-hydroxylation sites is 1. The minimum atomic E-state index is -0.955. The summed E-state index contributed by atoms with van der Waals surface area (Å²) in [6, 6.07) is 17.2. The number of hydrogen-bond donors (Lipinski definition) is 0. The van der Waals surface area contributed by atoms with E-state index in [1.54, 1.807) is 13.0 Å². The van der Waals surface area contributed by atoms with E-state index in [1.807, 2.05) is 54.6 Å². The number of Topliss-reactive ketones (excluding diaryl/α,β-unsaturated/α-hetero) is 1. The van der Waals surface area contributed by atoms with Gasteiger partial charge < -0.3 is 9.47 Å².